The van der Waals surface area contributed by atoms with Crippen molar-refractivity contribution in [1.29, 1.82) is 0 Å². The third-order valence-corrected chi connectivity index (χ3v) is 2.76. The topological polar surface area (TPSA) is 26.0 Å². The lowest BCUT2D eigenvalue weighted by molar-refractivity contribution is 0.510. The molecule has 1 aromatic carbocycles. The fraction of sp³-hybridized carbons (Fsp3) is 0.500. The molecule has 0 heterocycles. The minimum Gasteiger partial charge on any atom is -0.324 e. The monoisotopic (exact) mass is 211 g/mol. The predicted molar refractivity (Wildman–Crippen MR) is 62.6 cm³/mol. The van der Waals surface area contributed by atoms with Crippen LogP contribution < -0.4 is 5.73 Å². The van der Waals surface area contributed by atoms with Gasteiger partial charge < -0.3 is 5.73 Å². The van der Waals surface area contributed by atoms with Crippen molar-refractivity contribution in [3.63, 3.8) is 0 Å². The van der Waals surface area contributed by atoms with E-state index >= 15 is 0 Å². The number of nitrogens with two attached hydrogens (primary N) is 1. The average Bonchev–Trinajstić information content (AvgIpc) is 2.08. The Hall–Kier alpha value is -0.530. The largest absolute Gasteiger partial charge is 0.324 e. The number of aryl methyl sites for hydroxylation is 1. The summed E-state index contributed by atoms with van der Waals surface area (Å²) in [6, 6.07) is 6.15. The predicted octanol–water partition coefficient (Wildman–Crippen LogP) is 3.69. The Morgan fingerprint density at radius 2 is 2.00 bits per heavy atom. The lowest BCUT2D eigenvalue weighted by Gasteiger charge is -2.15. The molecule has 2 heteroatoms. The molecule has 1 aromatic rings. The fourth-order valence-electron chi connectivity index (χ4n) is 1.54. The first kappa shape index (κ1) is 11.5. The number of benzene rings is 1. The third kappa shape index (κ3) is 3.00. The maximum absolute atomic E-state index is 6.07. The van der Waals surface area contributed by atoms with Gasteiger partial charge in [-0.25, -0.2) is 0 Å². The van der Waals surface area contributed by atoms with Gasteiger partial charge in [0.2, 0.25) is 0 Å². The highest BCUT2D eigenvalue weighted by molar-refractivity contribution is 6.31. The Bertz CT molecular complexity index is 307. The van der Waals surface area contributed by atoms with Crippen LogP contribution in [0.1, 0.15) is 37.4 Å². The van der Waals surface area contributed by atoms with Crippen LogP contribution >= 0.6 is 11.6 Å². The molecule has 0 amide bonds. The van der Waals surface area contributed by atoms with Gasteiger partial charge in [0, 0.05) is 11.1 Å². The Balaban J connectivity index is 2.80. The second kappa shape index (κ2) is 4.81. The van der Waals surface area contributed by atoms with Crippen LogP contribution in [-0.2, 0) is 0 Å². The van der Waals surface area contributed by atoms with Crippen LogP contribution in [-0.4, -0.2) is 0 Å². The van der Waals surface area contributed by atoms with Crippen LogP contribution in [0.5, 0.6) is 0 Å². The maximum atomic E-state index is 6.07. The summed E-state index contributed by atoms with van der Waals surface area (Å²) < 4.78 is 0. The van der Waals surface area contributed by atoms with Crippen molar-refractivity contribution >= 4 is 11.6 Å². The standard InChI is InChI=1S/C12H18ClN/c1-8(2)6-12(14)10-4-5-11(13)9(3)7-10/h4-5,7-8,12H,6,14H2,1-3H3/t12-/m1/s1. The Morgan fingerprint density at radius 1 is 1.36 bits per heavy atom. The van der Waals surface area contributed by atoms with Gasteiger partial charge in [0.05, 0.1) is 0 Å². The van der Waals surface area contributed by atoms with Gasteiger partial charge in [-0.15, -0.1) is 0 Å². The summed E-state index contributed by atoms with van der Waals surface area (Å²) in [4.78, 5) is 0. The highest BCUT2D eigenvalue weighted by Crippen LogP contribution is 2.23. The molecule has 14 heavy (non-hydrogen) atoms. The molecule has 0 spiro atoms. The Morgan fingerprint density at radius 3 is 2.50 bits per heavy atom. The van der Waals surface area contributed by atoms with E-state index in [4.69, 9.17) is 17.3 Å². The van der Waals surface area contributed by atoms with Crippen molar-refractivity contribution in [2.24, 2.45) is 11.7 Å². The van der Waals surface area contributed by atoms with E-state index in [-0.39, 0.29) is 6.04 Å². The van der Waals surface area contributed by atoms with E-state index in [9.17, 15) is 0 Å². The molecule has 0 fully saturated rings. The second-order valence-electron chi connectivity index (χ2n) is 4.24. The molecular formula is C12H18ClN. The molecule has 78 valence electrons. The number of hydrogen-bond donors (Lipinski definition) is 1. The molecule has 1 rings (SSSR count). The lowest BCUT2D eigenvalue weighted by Crippen LogP contribution is -2.12. The molecule has 0 radical (unpaired) electrons. The molecule has 0 aliphatic rings. The minimum atomic E-state index is 0.131. The van der Waals surface area contributed by atoms with Crippen molar-refractivity contribution in [1.82, 2.24) is 0 Å². The van der Waals surface area contributed by atoms with Gasteiger partial charge in [-0.05, 0) is 36.5 Å². The van der Waals surface area contributed by atoms with Crippen LogP contribution in [0.2, 0.25) is 5.02 Å². The van der Waals surface area contributed by atoms with Gasteiger partial charge in [-0.3, -0.25) is 0 Å². The van der Waals surface area contributed by atoms with E-state index in [0.29, 0.717) is 5.92 Å². The van der Waals surface area contributed by atoms with Crippen LogP contribution in [0.15, 0.2) is 18.2 Å². The first-order valence-corrected chi connectivity index (χ1v) is 5.40. The SMILES string of the molecule is Cc1cc([C@H](N)CC(C)C)ccc1Cl. The van der Waals surface area contributed by atoms with Crippen molar-refractivity contribution in [2.75, 3.05) is 0 Å². The van der Waals surface area contributed by atoms with Crippen LogP contribution in [0, 0.1) is 12.8 Å². The molecule has 2 N–H and O–H groups in total. The first-order valence-electron chi connectivity index (χ1n) is 5.02. The summed E-state index contributed by atoms with van der Waals surface area (Å²) in [6.45, 7) is 6.37. The van der Waals surface area contributed by atoms with E-state index < -0.39 is 0 Å². The van der Waals surface area contributed by atoms with Gasteiger partial charge >= 0.3 is 0 Å². The first-order chi connectivity index (χ1) is 6.50. The zero-order chi connectivity index (χ0) is 10.7. The zero-order valence-corrected chi connectivity index (χ0v) is 9.81. The van der Waals surface area contributed by atoms with E-state index in [1.54, 1.807) is 0 Å². The third-order valence-electron chi connectivity index (χ3n) is 2.34. The summed E-state index contributed by atoms with van der Waals surface area (Å²) in [5, 5.41) is 0.811. The van der Waals surface area contributed by atoms with Gasteiger partial charge in [0.1, 0.15) is 0 Å². The Kier molecular flexibility index (Phi) is 3.97. The van der Waals surface area contributed by atoms with E-state index in [0.717, 1.165) is 17.0 Å². The summed E-state index contributed by atoms with van der Waals surface area (Å²) >= 11 is 5.95. The smallest absolute Gasteiger partial charge is 0.0435 e. The van der Waals surface area contributed by atoms with Crippen molar-refractivity contribution in [3.05, 3.63) is 34.3 Å². The molecule has 0 bridgehead atoms. The van der Waals surface area contributed by atoms with Crippen LogP contribution in [0.3, 0.4) is 0 Å². The molecule has 0 saturated carbocycles. The maximum Gasteiger partial charge on any atom is 0.0435 e. The zero-order valence-electron chi connectivity index (χ0n) is 9.05. The second-order valence-corrected chi connectivity index (χ2v) is 4.65. The summed E-state index contributed by atoms with van der Waals surface area (Å²) in [7, 11) is 0. The normalized spacial score (nSPS) is 13.3. The lowest BCUT2D eigenvalue weighted by atomic mass is 9.97. The molecular weight excluding hydrogens is 194 g/mol. The van der Waals surface area contributed by atoms with Crippen molar-refractivity contribution in [2.45, 2.75) is 33.2 Å². The quantitative estimate of drug-likeness (QED) is 0.811. The van der Waals surface area contributed by atoms with Gasteiger partial charge in [-0.1, -0.05) is 37.6 Å². The molecule has 0 saturated heterocycles. The van der Waals surface area contributed by atoms with Crippen LogP contribution in [0.4, 0.5) is 0 Å². The number of halogens is 1. The summed E-state index contributed by atoms with van der Waals surface area (Å²) in [5.41, 5.74) is 8.35. The van der Waals surface area contributed by atoms with Crippen LogP contribution in [0.25, 0.3) is 0 Å². The summed E-state index contributed by atoms with van der Waals surface area (Å²) in [6.07, 6.45) is 1.01. The average molecular weight is 212 g/mol. The van der Waals surface area contributed by atoms with E-state index in [2.05, 4.69) is 19.9 Å². The molecule has 0 aromatic heterocycles. The molecule has 0 aliphatic carbocycles. The van der Waals surface area contributed by atoms with Crippen molar-refractivity contribution in [3.8, 4) is 0 Å². The molecule has 1 atom stereocenters. The van der Waals surface area contributed by atoms with E-state index in [1.807, 2.05) is 19.1 Å². The van der Waals surface area contributed by atoms with Gasteiger partial charge in [0.25, 0.3) is 0 Å². The number of hydrogen-bond acceptors (Lipinski definition) is 1. The van der Waals surface area contributed by atoms with Gasteiger partial charge in [-0.2, -0.15) is 0 Å². The summed E-state index contributed by atoms with van der Waals surface area (Å²) in [5.74, 6) is 0.626. The van der Waals surface area contributed by atoms with E-state index in [1.165, 1.54) is 5.56 Å². The van der Waals surface area contributed by atoms with Gasteiger partial charge in [0.15, 0.2) is 0 Å². The fourth-order valence-corrected chi connectivity index (χ4v) is 1.66. The molecule has 0 unspecified atom stereocenters. The molecule has 1 nitrogen and oxygen atoms in total. The minimum absolute atomic E-state index is 0.131. The highest BCUT2D eigenvalue weighted by atomic mass is 35.5. The van der Waals surface area contributed by atoms with Crippen molar-refractivity contribution < 1.29 is 0 Å². The molecule has 0 aliphatic heterocycles. The number of rotatable bonds is 3. The highest BCUT2D eigenvalue weighted by Gasteiger charge is 2.08. The Labute approximate surface area is 91.3 Å².